The molecular weight excluding hydrogens is 366 g/mol. The van der Waals surface area contributed by atoms with Crippen LogP contribution in [-0.2, 0) is 14.3 Å². The van der Waals surface area contributed by atoms with Gasteiger partial charge in [-0.05, 0) is 43.3 Å². The summed E-state index contributed by atoms with van der Waals surface area (Å²) in [5.74, 6) is -0.525. The molecule has 1 amide bonds. The van der Waals surface area contributed by atoms with Gasteiger partial charge in [-0.3, -0.25) is 4.79 Å². The van der Waals surface area contributed by atoms with Gasteiger partial charge in [-0.1, -0.05) is 0 Å². The molecule has 146 valence electrons. The van der Waals surface area contributed by atoms with Crippen molar-refractivity contribution in [3.05, 3.63) is 53.6 Å². The molecule has 0 saturated carbocycles. The molecule has 0 unspecified atom stereocenters. The molecule has 0 bridgehead atoms. The van der Waals surface area contributed by atoms with Gasteiger partial charge in [-0.2, -0.15) is 0 Å². The van der Waals surface area contributed by atoms with Gasteiger partial charge in [0.2, 0.25) is 0 Å². The number of amides is 1. The Kier molecular flexibility index (Phi) is 5.78. The van der Waals surface area contributed by atoms with Crippen molar-refractivity contribution in [2.45, 2.75) is 13.0 Å². The number of esters is 2. The molecule has 0 saturated heterocycles. The summed E-state index contributed by atoms with van der Waals surface area (Å²) in [4.78, 5) is 35.9. The number of fused-ring (bicyclic) bond motifs is 1. The summed E-state index contributed by atoms with van der Waals surface area (Å²) in [7, 11) is 1.27. The second-order valence-corrected chi connectivity index (χ2v) is 5.96. The summed E-state index contributed by atoms with van der Waals surface area (Å²) in [6, 6.07) is 10.8. The Hall–Kier alpha value is -3.55. The van der Waals surface area contributed by atoms with Gasteiger partial charge in [0.1, 0.15) is 13.2 Å². The number of methoxy groups -OCH3 is 1. The maximum atomic E-state index is 12.3. The number of ether oxygens (including phenoxy) is 4. The lowest BCUT2D eigenvalue weighted by Crippen LogP contribution is -2.30. The van der Waals surface area contributed by atoms with E-state index in [-0.39, 0.29) is 5.56 Å². The molecule has 1 atom stereocenters. The fraction of sp³-hybridized carbons (Fsp3) is 0.250. The zero-order valence-corrected chi connectivity index (χ0v) is 15.4. The minimum Gasteiger partial charge on any atom is -0.486 e. The van der Waals surface area contributed by atoms with Crippen LogP contribution in [0.2, 0.25) is 0 Å². The van der Waals surface area contributed by atoms with Crippen LogP contribution < -0.4 is 14.8 Å². The topological polar surface area (TPSA) is 100 Å². The van der Waals surface area contributed by atoms with E-state index in [4.69, 9.17) is 14.2 Å². The van der Waals surface area contributed by atoms with Gasteiger partial charge in [0.05, 0.1) is 18.2 Å². The fourth-order valence-electron chi connectivity index (χ4n) is 2.51. The second-order valence-electron chi connectivity index (χ2n) is 5.96. The lowest BCUT2D eigenvalue weighted by atomic mass is 10.1. The molecule has 28 heavy (non-hydrogen) atoms. The summed E-state index contributed by atoms with van der Waals surface area (Å²) in [6.45, 7) is 2.38. The van der Waals surface area contributed by atoms with Gasteiger partial charge in [0.15, 0.2) is 17.6 Å². The third-order valence-electron chi connectivity index (χ3n) is 4.00. The summed E-state index contributed by atoms with van der Waals surface area (Å²) >= 11 is 0. The zero-order chi connectivity index (χ0) is 20.1. The molecule has 2 aromatic rings. The molecule has 8 heteroatoms. The maximum Gasteiger partial charge on any atom is 0.338 e. The van der Waals surface area contributed by atoms with E-state index in [0.717, 1.165) is 0 Å². The van der Waals surface area contributed by atoms with E-state index in [9.17, 15) is 14.4 Å². The highest BCUT2D eigenvalue weighted by Gasteiger charge is 2.20. The van der Waals surface area contributed by atoms with Crippen LogP contribution in [0.1, 0.15) is 27.6 Å². The van der Waals surface area contributed by atoms with Crippen molar-refractivity contribution in [3.63, 3.8) is 0 Å². The van der Waals surface area contributed by atoms with E-state index in [0.29, 0.717) is 36.0 Å². The summed E-state index contributed by atoms with van der Waals surface area (Å²) in [5, 5.41) is 2.67. The van der Waals surface area contributed by atoms with Crippen molar-refractivity contribution in [1.29, 1.82) is 0 Å². The summed E-state index contributed by atoms with van der Waals surface area (Å²) < 4.78 is 20.7. The molecule has 1 aliphatic heterocycles. The number of nitrogens with one attached hydrogen (secondary N) is 1. The maximum absolute atomic E-state index is 12.3. The van der Waals surface area contributed by atoms with Gasteiger partial charge in [-0.25, -0.2) is 9.59 Å². The van der Waals surface area contributed by atoms with E-state index in [2.05, 4.69) is 10.1 Å². The molecule has 1 heterocycles. The predicted octanol–water partition coefficient (Wildman–Crippen LogP) is 2.43. The zero-order valence-electron chi connectivity index (χ0n) is 15.4. The molecular formula is C20H19NO7. The Bertz CT molecular complexity index is 892. The molecule has 3 rings (SSSR count). The molecule has 1 aliphatic rings. The standard InChI is InChI=1S/C20H19NO7/c1-12(28-20(24)14-5-3-13(4-6-14)19(23)25-2)18(22)21-15-7-8-16-17(11-15)27-10-9-26-16/h3-8,11-12H,9-10H2,1-2H3,(H,21,22)/t12-/m1/s1. The van der Waals surface area contributed by atoms with Crippen LogP contribution in [0.15, 0.2) is 42.5 Å². The van der Waals surface area contributed by atoms with E-state index < -0.39 is 23.9 Å². The first-order valence-electron chi connectivity index (χ1n) is 8.58. The van der Waals surface area contributed by atoms with Crippen molar-refractivity contribution < 1.29 is 33.3 Å². The Labute approximate surface area is 161 Å². The van der Waals surface area contributed by atoms with E-state index in [1.165, 1.54) is 38.3 Å². The Morgan fingerprint density at radius 1 is 0.929 bits per heavy atom. The third kappa shape index (κ3) is 4.40. The van der Waals surface area contributed by atoms with Crippen molar-refractivity contribution >= 4 is 23.5 Å². The fourth-order valence-corrected chi connectivity index (χ4v) is 2.51. The van der Waals surface area contributed by atoms with Crippen LogP contribution in [0.4, 0.5) is 5.69 Å². The lowest BCUT2D eigenvalue weighted by Gasteiger charge is -2.19. The predicted molar refractivity (Wildman–Crippen MR) is 98.7 cm³/mol. The number of hydrogen-bond donors (Lipinski definition) is 1. The quantitative estimate of drug-likeness (QED) is 0.789. The Morgan fingerprint density at radius 3 is 2.18 bits per heavy atom. The van der Waals surface area contributed by atoms with Crippen LogP contribution in [0.25, 0.3) is 0 Å². The first kappa shape index (κ1) is 19.2. The molecule has 0 radical (unpaired) electrons. The van der Waals surface area contributed by atoms with Gasteiger partial charge in [0.25, 0.3) is 5.91 Å². The van der Waals surface area contributed by atoms with E-state index in [1.807, 2.05) is 0 Å². The van der Waals surface area contributed by atoms with Crippen molar-refractivity contribution in [2.24, 2.45) is 0 Å². The minimum atomic E-state index is -1.03. The first-order chi connectivity index (χ1) is 13.5. The van der Waals surface area contributed by atoms with Gasteiger partial charge in [0, 0.05) is 11.8 Å². The number of anilines is 1. The highest BCUT2D eigenvalue weighted by molar-refractivity contribution is 5.98. The van der Waals surface area contributed by atoms with Crippen LogP contribution in [0.3, 0.4) is 0 Å². The monoisotopic (exact) mass is 385 g/mol. The van der Waals surface area contributed by atoms with Crippen LogP contribution in [-0.4, -0.2) is 44.3 Å². The Balaban J connectivity index is 1.59. The van der Waals surface area contributed by atoms with E-state index in [1.54, 1.807) is 18.2 Å². The highest BCUT2D eigenvalue weighted by atomic mass is 16.6. The lowest BCUT2D eigenvalue weighted by molar-refractivity contribution is -0.123. The van der Waals surface area contributed by atoms with Crippen LogP contribution in [0.5, 0.6) is 11.5 Å². The molecule has 1 N–H and O–H groups in total. The van der Waals surface area contributed by atoms with E-state index >= 15 is 0 Å². The van der Waals surface area contributed by atoms with Gasteiger partial charge < -0.3 is 24.3 Å². The number of rotatable bonds is 5. The molecule has 0 aliphatic carbocycles. The number of hydrogen-bond acceptors (Lipinski definition) is 7. The average molecular weight is 385 g/mol. The van der Waals surface area contributed by atoms with Crippen molar-refractivity contribution in [1.82, 2.24) is 0 Å². The largest absolute Gasteiger partial charge is 0.486 e. The van der Waals surface area contributed by atoms with Gasteiger partial charge >= 0.3 is 11.9 Å². The number of carbonyl (C=O) groups excluding carboxylic acids is 3. The molecule has 0 spiro atoms. The van der Waals surface area contributed by atoms with Crippen molar-refractivity contribution in [2.75, 3.05) is 25.6 Å². The minimum absolute atomic E-state index is 0.214. The Morgan fingerprint density at radius 2 is 1.54 bits per heavy atom. The van der Waals surface area contributed by atoms with Crippen molar-refractivity contribution in [3.8, 4) is 11.5 Å². The first-order valence-corrected chi connectivity index (χ1v) is 8.58. The second kappa shape index (κ2) is 8.43. The summed E-state index contributed by atoms with van der Waals surface area (Å²) in [6.07, 6.45) is -1.03. The van der Waals surface area contributed by atoms with Crippen LogP contribution in [0, 0.1) is 0 Å². The van der Waals surface area contributed by atoms with Crippen LogP contribution >= 0.6 is 0 Å². The SMILES string of the molecule is COC(=O)c1ccc(C(=O)O[C@H](C)C(=O)Nc2ccc3c(c2)OCCO3)cc1. The van der Waals surface area contributed by atoms with Gasteiger partial charge in [-0.15, -0.1) is 0 Å². The smallest absolute Gasteiger partial charge is 0.338 e. The normalized spacial score (nSPS) is 13.2. The number of benzene rings is 2. The summed E-state index contributed by atoms with van der Waals surface area (Å²) in [5.41, 5.74) is 1.02. The molecule has 8 nitrogen and oxygen atoms in total. The highest BCUT2D eigenvalue weighted by Crippen LogP contribution is 2.32. The molecule has 0 fully saturated rings. The molecule has 0 aromatic heterocycles. The number of carbonyl (C=O) groups is 3. The third-order valence-corrected chi connectivity index (χ3v) is 4.00. The average Bonchev–Trinajstić information content (AvgIpc) is 2.73. The molecule has 2 aromatic carbocycles.